The summed E-state index contributed by atoms with van der Waals surface area (Å²) >= 11 is 3.30. The van der Waals surface area contributed by atoms with Crippen LogP contribution in [0.4, 0.5) is 5.82 Å². The van der Waals surface area contributed by atoms with Gasteiger partial charge in [-0.2, -0.15) is 0 Å². The van der Waals surface area contributed by atoms with E-state index in [0.29, 0.717) is 11.4 Å². The summed E-state index contributed by atoms with van der Waals surface area (Å²) in [7, 11) is 0. The Hall–Kier alpha value is -1.62. The summed E-state index contributed by atoms with van der Waals surface area (Å²) in [6.07, 6.45) is 1.40. The first-order valence-corrected chi connectivity index (χ1v) is 5.02. The van der Waals surface area contributed by atoms with Crippen LogP contribution >= 0.6 is 15.9 Å². The molecule has 0 fully saturated rings. The van der Waals surface area contributed by atoms with Crippen molar-refractivity contribution in [1.82, 2.24) is 5.16 Å². The molecule has 0 aliphatic heterocycles. The summed E-state index contributed by atoms with van der Waals surface area (Å²) in [5.74, 6) is 0.194. The second kappa shape index (κ2) is 4.27. The average molecular weight is 267 g/mol. The van der Waals surface area contributed by atoms with Crippen molar-refractivity contribution in [3.63, 3.8) is 0 Å². The van der Waals surface area contributed by atoms with Gasteiger partial charge in [-0.15, -0.1) is 0 Å². The fourth-order valence-electron chi connectivity index (χ4n) is 1.07. The van der Waals surface area contributed by atoms with Crippen LogP contribution in [-0.4, -0.2) is 11.1 Å². The Morgan fingerprint density at radius 1 is 1.27 bits per heavy atom. The lowest BCUT2D eigenvalue weighted by molar-refractivity contribution is 0.102. The summed E-state index contributed by atoms with van der Waals surface area (Å²) in [4.78, 5) is 11.6. The number of aromatic nitrogens is 1. The van der Waals surface area contributed by atoms with E-state index in [2.05, 4.69) is 30.9 Å². The van der Waals surface area contributed by atoms with Crippen molar-refractivity contribution in [3.8, 4) is 0 Å². The third kappa shape index (κ3) is 2.44. The van der Waals surface area contributed by atoms with E-state index in [1.165, 1.54) is 6.26 Å². The molecule has 76 valence electrons. The molecular weight excluding hydrogens is 260 g/mol. The molecule has 0 aliphatic rings. The first-order chi connectivity index (χ1) is 7.25. The van der Waals surface area contributed by atoms with Crippen LogP contribution < -0.4 is 5.32 Å². The van der Waals surface area contributed by atoms with E-state index in [-0.39, 0.29) is 5.91 Å². The number of carbonyl (C=O) groups is 1. The predicted octanol–water partition coefficient (Wildman–Crippen LogP) is 2.69. The molecule has 5 heteroatoms. The van der Waals surface area contributed by atoms with Gasteiger partial charge in [-0.3, -0.25) is 4.79 Å². The zero-order valence-corrected chi connectivity index (χ0v) is 9.19. The van der Waals surface area contributed by atoms with E-state index in [9.17, 15) is 4.79 Å². The Morgan fingerprint density at radius 3 is 2.60 bits per heavy atom. The van der Waals surface area contributed by atoms with E-state index in [4.69, 9.17) is 0 Å². The quantitative estimate of drug-likeness (QED) is 0.910. The fourth-order valence-corrected chi connectivity index (χ4v) is 1.33. The van der Waals surface area contributed by atoms with Crippen LogP contribution in [0.2, 0.25) is 0 Å². The monoisotopic (exact) mass is 266 g/mol. The number of benzene rings is 1. The maximum Gasteiger partial charge on any atom is 0.256 e. The van der Waals surface area contributed by atoms with Crippen LogP contribution in [0, 0.1) is 0 Å². The van der Waals surface area contributed by atoms with Gasteiger partial charge >= 0.3 is 0 Å². The highest BCUT2D eigenvalue weighted by Crippen LogP contribution is 2.12. The van der Waals surface area contributed by atoms with Crippen LogP contribution in [-0.2, 0) is 0 Å². The molecular formula is C10H7BrN2O2. The molecule has 0 spiro atoms. The SMILES string of the molecule is O=C(Nc1ccon1)c1ccc(Br)cc1. The zero-order chi connectivity index (χ0) is 10.7. The molecule has 0 radical (unpaired) electrons. The second-order valence-corrected chi connectivity index (χ2v) is 3.76. The summed E-state index contributed by atoms with van der Waals surface area (Å²) in [6, 6.07) is 8.63. The number of halogens is 1. The third-order valence-electron chi connectivity index (χ3n) is 1.79. The van der Waals surface area contributed by atoms with Crippen molar-refractivity contribution < 1.29 is 9.32 Å². The lowest BCUT2D eigenvalue weighted by atomic mass is 10.2. The Labute approximate surface area is 94.4 Å². The van der Waals surface area contributed by atoms with Gasteiger partial charge in [0.25, 0.3) is 5.91 Å². The van der Waals surface area contributed by atoms with Crippen molar-refractivity contribution in [1.29, 1.82) is 0 Å². The molecule has 1 N–H and O–H groups in total. The van der Waals surface area contributed by atoms with Gasteiger partial charge in [0, 0.05) is 16.1 Å². The summed E-state index contributed by atoms with van der Waals surface area (Å²) in [5.41, 5.74) is 0.571. The van der Waals surface area contributed by atoms with Crippen molar-refractivity contribution in [2.45, 2.75) is 0 Å². The molecule has 0 aliphatic carbocycles. The first-order valence-electron chi connectivity index (χ1n) is 4.23. The van der Waals surface area contributed by atoms with Gasteiger partial charge in [-0.05, 0) is 24.3 Å². The van der Waals surface area contributed by atoms with E-state index in [1.54, 1.807) is 30.3 Å². The minimum atomic E-state index is -0.212. The van der Waals surface area contributed by atoms with Gasteiger partial charge in [0.15, 0.2) is 5.82 Å². The van der Waals surface area contributed by atoms with Crippen molar-refractivity contribution in [2.75, 3.05) is 5.32 Å². The Bertz CT molecular complexity index is 451. The Morgan fingerprint density at radius 2 is 2.00 bits per heavy atom. The molecule has 2 aromatic rings. The molecule has 4 nitrogen and oxygen atoms in total. The maximum atomic E-state index is 11.6. The Balaban J connectivity index is 2.11. The smallest absolute Gasteiger partial charge is 0.256 e. The number of anilines is 1. The number of nitrogens with zero attached hydrogens (tertiary/aromatic N) is 1. The number of amides is 1. The summed E-state index contributed by atoms with van der Waals surface area (Å²) in [5, 5.41) is 6.18. The largest absolute Gasteiger partial charge is 0.363 e. The molecule has 0 unspecified atom stereocenters. The van der Waals surface area contributed by atoms with Crippen molar-refractivity contribution in [2.24, 2.45) is 0 Å². The van der Waals surface area contributed by atoms with E-state index >= 15 is 0 Å². The van der Waals surface area contributed by atoms with Gasteiger partial charge in [0.2, 0.25) is 0 Å². The van der Waals surface area contributed by atoms with Crippen molar-refractivity contribution in [3.05, 3.63) is 46.6 Å². The van der Waals surface area contributed by atoms with Crippen LogP contribution in [0.15, 0.2) is 45.6 Å². The number of rotatable bonds is 2. The molecule has 15 heavy (non-hydrogen) atoms. The molecule has 1 aromatic carbocycles. The minimum absolute atomic E-state index is 0.212. The molecule has 0 bridgehead atoms. The maximum absolute atomic E-state index is 11.6. The first kappa shape index (κ1) is 9.92. The van der Waals surface area contributed by atoms with Crippen LogP contribution in [0.25, 0.3) is 0 Å². The van der Waals surface area contributed by atoms with Gasteiger partial charge in [-0.1, -0.05) is 21.1 Å². The van der Waals surface area contributed by atoms with E-state index in [1.807, 2.05) is 0 Å². The highest BCUT2D eigenvalue weighted by atomic mass is 79.9. The zero-order valence-electron chi connectivity index (χ0n) is 7.61. The molecule has 0 atom stereocenters. The number of hydrogen-bond acceptors (Lipinski definition) is 3. The van der Waals surface area contributed by atoms with Crippen LogP contribution in [0.3, 0.4) is 0 Å². The Kier molecular flexibility index (Phi) is 2.82. The number of nitrogens with one attached hydrogen (secondary N) is 1. The minimum Gasteiger partial charge on any atom is -0.363 e. The second-order valence-electron chi connectivity index (χ2n) is 2.85. The van der Waals surface area contributed by atoms with Gasteiger partial charge in [0.05, 0.1) is 0 Å². The number of carbonyl (C=O) groups excluding carboxylic acids is 1. The summed E-state index contributed by atoms with van der Waals surface area (Å²) < 4.78 is 5.53. The number of hydrogen-bond donors (Lipinski definition) is 1. The standard InChI is InChI=1S/C10H7BrN2O2/c11-8-3-1-7(2-4-8)10(14)12-9-5-6-15-13-9/h1-6H,(H,12,13,14). The van der Waals surface area contributed by atoms with E-state index in [0.717, 1.165) is 4.47 Å². The van der Waals surface area contributed by atoms with E-state index < -0.39 is 0 Å². The fraction of sp³-hybridized carbons (Fsp3) is 0. The van der Waals surface area contributed by atoms with Crippen molar-refractivity contribution >= 4 is 27.7 Å². The lowest BCUT2D eigenvalue weighted by Gasteiger charge is -2.00. The van der Waals surface area contributed by atoms with Gasteiger partial charge in [0.1, 0.15) is 6.26 Å². The third-order valence-corrected chi connectivity index (χ3v) is 2.31. The molecule has 2 rings (SSSR count). The lowest BCUT2D eigenvalue weighted by Crippen LogP contribution is -2.11. The summed E-state index contributed by atoms with van der Waals surface area (Å²) in [6.45, 7) is 0. The van der Waals surface area contributed by atoms with Gasteiger partial charge in [-0.25, -0.2) is 0 Å². The molecule has 1 heterocycles. The van der Waals surface area contributed by atoms with Gasteiger partial charge < -0.3 is 9.84 Å². The highest BCUT2D eigenvalue weighted by Gasteiger charge is 2.06. The molecule has 0 saturated heterocycles. The van der Waals surface area contributed by atoms with Crippen LogP contribution in [0.1, 0.15) is 10.4 Å². The molecule has 1 amide bonds. The highest BCUT2D eigenvalue weighted by molar-refractivity contribution is 9.10. The van der Waals surface area contributed by atoms with Crippen LogP contribution in [0.5, 0.6) is 0 Å². The average Bonchev–Trinajstić information content (AvgIpc) is 2.71. The molecule has 0 saturated carbocycles. The normalized spacial score (nSPS) is 9.93. The predicted molar refractivity (Wildman–Crippen MR) is 58.6 cm³/mol. The topological polar surface area (TPSA) is 55.1 Å². The molecule has 1 aromatic heterocycles.